The quantitative estimate of drug-likeness (QED) is 0.233. The van der Waals surface area contributed by atoms with Crippen molar-refractivity contribution in [2.45, 2.75) is 0 Å². The summed E-state index contributed by atoms with van der Waals surface area (Å²) in [5, 5.41) is 1.08. The lowest BCUT2D eigenvalue weighted by Crippen LogP contribution is -2.21. The lowest BCUT2D eigenvalue weighted by atomic mass is 10.2. The zero-order valence-electron chi connectivity index (χ0n) is 7.32. The Morgan fingerprint density at radius 2 is 1.92 bits per heavy atom. The molecular weight excluding hydrogens is 168 g/mol. The summed E-state index contributed by atoms with van der Waals surface area (Å²) in [6, 6.07) is 10.1. The van der Waals surface area contributed by atoms with Crippen LogP contribution >= 0.6 is 11.8 Å². The summed E-state index contributed by atoms with van der Waals surface area (Å²) in [7, 11) is 1.85. The first-order valence-corrected chi connectivity index (χ1v) is 4.93. The van der Waals surface area contributed by atoms with Gasteiger partial charge < -0.3 is 0 Å². The zero-order chi connectivity index (χ0) is 8.97. The molecular formula is C9H13N2S+. The van der Waals surface area contributed by atoms with Gasteiger partial charge in [0.25, 0.3) is 5.04 Å². The van der Waals surface area contributed by atoms with E-state index in [1.54, 1.807) is 16.4 Å². The molecule has 64 valence electrons. The van der Waals surface area contributed by atoms with Crippen LogP contribution in [0.2, 0.25) is 0 Å². The predicted octanol–water partition coefficient (Wildman–Crippen LogP) is 1.31. The van der Waals surface area contributed by atoms with Crippen LogP contribution in [0.25, 0.3) is 0 Å². The van der Waals surface area contributed by atoms with Crippen molar-refractivity contribution in [3.05, 3.63) is 35.9 Å². The number of nitrogens with two attached hydrogens (primary N) is 1. The third-order valence-electron chi connectivity index (χ3n) is 1.53. The van der Waals surface area contributed by atoms with Crippen molar-refractivity contribution in [1.29, 1.82) is 0 Å². The van der Waals surface area contributed by atoms with Gasteiger partial charge in [-0.05, 0) is 18.4 Å². The maximum atomic E-state index is 5.65. The summed E-state index contributed by atoms with van der Waals surface area (Å²) >= 11 is 1.65. The minimum absolute atomic E-state index is 1.08. The van der Waals surface area contributed by atoms with E-state index in [1.165, 1.54) is 0 Å². The average Bonchev–Trinajstić information content (AvgIpc) is 2.07. The number of benzene rings is 1. The van der Waals surface area contributed by atoms with Gasteiger partial charge in [0.2, 0.25) is 0 Å². The van der Waals surface area contributed by atoms with Gasteiger partial charge >= 0.3 is 0 Å². The first kappa shape index (κ1) is 9.13. The molecule has 0 saturated carbocycles. The van der Waals surface area contributed by atoms with Gasteiger partial charge in [0.05, 0.1) is 5.56 Å². The predicted molar refractivity (Wildman–Crippen MR) is 54.4 cm³/mol. The monoisotopic (exact) mass is 181 g/mol. The largest absolute Gasteiger partial charge is 0.269 e. The summed E-state index contributed by atoms with van der Waals surface area (Å²) < 4.78 is 1.64. The summed E-state index contributed by atoms with van der Waals surface area (Å²) in [5.74, 6) is 5.65. The van der Waals surface area contributed by atoms with Gasteiger partial charge in [-0.2, -0.15) is 0 Å². The fourth-order valence-electron chi connectivity index (χ4n) is 1.05. The van der Waals surface area contributed by atoms with E-state index in [-0.39, 0.29) is 0 Å². The summed E-state index contributed by atoms with van der Waals surface area (Å²) in [5.41, 5.74) is 1.16. The zero-order valence-corrected chi connectivity index (χ0v) is 8.14. The Bertz CT molecular complexity index is 276. The van der Waals surface area contributed by atoms with Gasteiger partial charge in [-0.3, -0.25) is 0 Å². The normalized spacial score (nSPS) is 12.5. The molecule has 1 aromatic rings. The van der Waals surface area contributed by atoms with E-state index < -0.39 is 0 Å². The first-order valence-electron chi connectivity index (χ1n) is 3.70. The number of thioether (sulfide) groups is 1. The topological polar surface area (TPSA) is 29.0 Å². The molecule has 12 heavy (non-hydrogen) atoms. The maximum absolute atomic E-state index is 5.65. The number of hydrogen-bond acceptors (Lipinski definition) is 2. The van der Waals surface area contributed by atoms with Gasteiger partial charge in [-0.1, -0.05) is 30.0 Å². The number of rotatable bonds is 1. The molecule has 0 aliphatic rings. The van der Waals surface area contributed by atoms with Crippen LogP contribution in [-0.4, -0.2) is 23.0 Å². The highest BCUT2D eigenvalue weighted by molar-refractivity contribution is 8.13. The van der Waals surface area contributed by atoms with E-state index in [2.05, 4.69) is 12.1 Å². The molecule has 0 aromatic heterocycles. The van der Waals surface area contributed by atoms with Gasteiger partial charge in [-0.25, -0.2) is 5.84 Å². The molecule has 0 unspecified atom stereocenters. The van der Waals surface area contributed by atoms with Crippen molar-refractivity contribution in [3.8, 4) is 0 Å². The Morgan fingerprint density at radius 1 is 1.33 bits per heavy atom. The minimum atomic E-state index is 1.08. The average molecular weight is 181 g/mol. The summed E-state index contributed by atoms with van der Waals surface area (Å²) in [6.45, 7) is 0. The number of hydrogen-bond donors (Lipinski definition) is 1. The first-order chi connectivity index (χ1) is 5.75. The second kappa shape index (κ2) is 4.16. The highest BCUT2D eigenvalue weighted by Crippen LogP contribution is 2.08. The van der Waals surface area contributed by atoms with Crippen LogP contribution in [0.3, 0.4) is 0 Å². The van der Waals surface area contributed by atoms with Crippen LogP contribution in [-0.2, 0) is 0 Å². The molecule has 2 nitrogen and oxygen atoms in total. The Balaban J connectivity index is 3.05. The molecule has 0 bridgehead atoms. The molecule has 0 fully saturated rings. The Hall–Kier alpha value is -0.960. The maximum Gasteiger partial charge on any atom is 0.269 e. The third kappa shape index (κ3) is 2.01. The molecule has 0 aliphatic carbocycles. The SMILES string of the molecule is CS/C(c1ccccc1)=[N+](/C)N. The molecule has 0 saturated heterocycles. The van der Waals surface area contributed by atoms with Crippen LogP contribution < -0.4 is 5.84 Å². The van der Waals surface area contributed by atoms with Crippen LogP contribution in [0.1, 0.15) is 5.56 Å². The Kier molecular flexibility index (Phi) is 3.17. The number of hydrazone groups is 1. The molecule has 0 spiro atoms. The van der Waals surface area contributed by atoms with Gasteiger partial charge in [-0.15, -0.1) is 4.68 Å². The van der Waals surface area contributed by atoms with Crippen LogP contribution in [0.4, 0.5) is 0 Å². The van der Waals surface area contributed by atoms with E-state index >= 15 is 0 Å². The van der Waals surface area contributed by atoms with Crippen molar-refractivity contribution >= 4 is 16.8 Å². The van der Waals surface area contributed by atoms with Crippen molar-refractivity contribution in [1.82, 2.24) is 0 Å². The lowest BCUT2D eigenvalue weighted by Gasteiger charge is -1.98. The fourth-order valence-corrected chi connectivity index (χ4v) is 1.71. The Morgan fingerprint density at radius 3 is 2.33 bits per heavy atom. The Labute approximate surface area is 77.1 Å². The number of hydrazine groups is 1. The minimum Gasteiger partial charge on any atom is -0.210 e. The van der Waals surface area contributed by atoms with Gasteiger partial charge in [0, 0.05) is 0 Å². The fraction of sp³-hybridized carbons (Fsp3) is 0.222. The van der Waals surface area contributed by atoms with E-state index in [4.69, 9.17) is 5.84 Å². The highest BCUT2D eigenvalue weighted by Gasteiger charge is 2.09. The molecule has 0 radical (unpaired) electrons. The molecule has 3 heteroatoms. The van der Waals surface area contributed by atoms with E-state index in [9.17, 15) is 0 Å². The standard InChI is InChI=1S/C9H13N2S/c1-11(10)9(12-2)8-6-4-3-5-7-8/h3-7H,10H2,1-2H3/q+1/b11-9-. The number of nitrogens with zero attached hydrogens (tertiary/aromatic N) is 1. The second-order valence-electron chi connectivity index (χ2n) is 2.49. The highest BCUT2D eigenvalue weighted by atomic mass is 32.2. The second-order valence-corrected chi connectivity index (χ2v) is 3.28. The van der Waals surface area contributed by atoms with Crippen LogP contribution in [0, 0.1) is 0 Å². The molecule has 0 heterocycles. The van der Waals surface area contributed by atoms with Gasteiger partial charge in [0.1, 0.15) is 0 Å². The smallest absolute Gasteiger partial charge is 0.210 e. The van der Waals surface area contributed by atoms with Gasteiger partial charge in [0.15, 0.2) is 7.05 Å². The molecule has 1 aromatic carbocycles. The van der Waals surface area contributed by atoms with E-state index in [0.717, 1.165) is 10.6 Å². The molecule has 0 aliphatic heterocycles. The van der Waals surface area contributed by atoms with E-state index in [0.29, 0.717) is 0 Å². The van der Waals surface area contributed by atoms with Crippen LogP contribution in [0.15, 0.2) is 30.3 Å². The summed E-state index contributed by atoms with van der Waals surface area (Å²) in [6.07, 6.45) is 2.02. The van der Waals surface area contributed by atoms with Crippen molar-refractivity contribution in [2.75, 3.05) is 13.3 Å². The molecule has 1 rings (SSSR count). The van der Waals surface area contributed by atoms with Crippen molar-refractivity contribution in [3.63, 3.8) is 0 Å². The van der Waals surface area contributed by atoms with E-state index in [1.807, 2.05) is 31.5 Å². The lowest BCUT2D eigenvalue weighted by molar-refractivity contribution is -0.505. The molecule has 0 amide bonds. The molecule has 2 N–H and O–H groups in total. The van der Waals surface area contributed by atoms with Crippen molar-refractivity contribution in [2.24, 2.45) is 5.84 Å². The van der Waals surface area contributed by atoms with Crippen molar-refractivity contribution < 1.29 is 4.68 Å². The van der Waals surface area contributed by atoms with Crippen LogP contribution in [0.5, 0.6) is 0 Å². The molecule has 0 atom stereocenters. The third-order valence-corrected chi connectivity index (χ3v) is 2.44. The summed E-state index contributed by atoms with van der Waals surface area (Å²) in [4.78, 5) is 0.